The van der Waals surface area contributed by atoms with Crippen molar-refractivity contribution in [2.45, 2.75) is 10.9 Å². The first-order valence-electron chi connectivity index (χ1n) is 4.74. The highest BCUT2D eigenvalue weighted by Gasteiger charge is 2.04. The second kappa shape index (κ2) is 5.33. The number of hydrogen-bond acceptors (Lipinski definition) is 5. The van der Waals surface area contributed by atoms with Gasteiger partial charge in [0.25, 0.3) is 5.56 Å². The van der Waals surface area contributed by atoms with Crippen LogP contribution in [0.1, 0.15) is 5.56 Å². The number of hydrogen-bond donors (Lipinski definition) is 1. The molecule has 0 saturated heterocycles. The summed E-state index contributed by atoms with van der Waals surface area (Å²) in [6.45, 7) is 0. The van der Waals surface area contributed by atoms with Gasteiger partial charge in [0.1, 0.15) is 6.20 Å². The molecule has 5 nitrogen and oxygen atoms in total. The Labute approximate surface area is 110 Å². The number of thioether (sulfide) groups is 1. The van der Waals surface area contributed by atoms with Gasteiger partial charge in [-0.15, -0.1) is 5.10 Å². The summed E-state index contributed by atoms with van der Waals surface area (Å²) in [6.07, 6.45) is 1.09. The number of aromatic nitrogens is 3. The predicted molar refractivity (Wildman–Crippen MR) is 70.1 cm³/mol. The number of nitrogens with two attached hydrogens (primary N) is 1. The van der Waals surface area contributed by atoms with Crippen LogP contribution in [0.15, 0.2) is 44.9 Å². The van der Waals surface area contributed by atoms with Gasteiger partial charge in [-0.05, 0) is 17.7 Å². The maximum Gasteiger partial charge on any atom is 0.291 e. The van der Waals surface area contributed by atoms with Crippen molar-refractivity contribution in [2.75, 3.05) is 5.84 Å². The zero-order chi connectivity index (χ0) is 12.3. The van der Waals surface area contributed by atoms with E-state index >= 15 is 0 Å². The molecule has 0 fully saturated rings. The lowest BCUT2D eigenvalue weighted by molar-refractivity contribution is 0.698. The van der Waals surface area contributed by atoms with E-state index in [-0.39, 0.29) is 5.56 Å². The van der Waals surface area contributed by atoms with Crippen LogP contribution in [0.4, 0.5) is 0 Å². The van der Waals surface area contributed by atoms with Crippen LogP contribution in [0.25, 0.3) is 0 Å². The van der Waals surface area contributed by atoms with Crippen LogP contribution in [-0.2, 0) is 5.75 Å². The average molecular weight is 313 g/mol. The van der Waals surface area contributed by atoms with E-state index in [0.29, 0.717) is 10.9 Å². The van der Waals surface area contributed by atoms with E-state index in [4.69, 9.17) is 5.84 Å². The third-order valence-electron chi connectivity index (χ3n) is 2.04. The Morgan fingerprint density at radius 2 is 2.06 bits per heavy atom. The van der Waals surface area contributed by atoms with Crippen molar-refractivity contribution < 1.29 is 0 Å². The zero-order valence-corrected chi connectivity index (χ0v) is 11.1. The van der Waals surface area contributed by atoms with Gasteiger partial charge in [0.05, 0.1) is 0 Å². The van der Waals surface area contributed by atoms with Crippen LogP contribution in [0.5, 0.6) is 0 Å². The molecule has 1 aromatic heterocycles. The maximum absolute atomic E-state index is 11.2. The van der Waals surface area contributed by atoms with Gasteiger partial charge in [-0.25, -0.2) is 0 Å². The number of benzene rings is 1. The highest BCUT2D eigenvalue weighted by atomic mass is 79.9. The van der Waals surface area contributed by atoms with Crippen molar-refractivity contribution in [3.63, 3.8) is 0 Å². The molecular formula is C10H9BrN4OS. The molecule has 88 valence electrons. The second-order valence-corrected chi connectivity index (χ2v) is 5.11. The normalized spacial score (nSPS) is 10.4. The molecule has 0 atom stereocenters. The summed E-state index contributed by atoms with van der Waals surface area (Å²) in [6, 6.07) is 7.91. The number of rotatable bonds is 3. The third-order valence-corrected chi connectivity index (χ3v) is 3.58. The van der Waals surface area contributed by atoms with Gasteiger partial charge in [0.15, 0.2) is 0 Å². The molecule has 7 heteroatoms. The minimum atomic E-state index is -0.363. The molecule has 0 bridgehead atoms. The number of halogens is 1. The van der Waals surface area contributed by atoms with E-state index in [1.807, 2.05) is 24.3 Å². The average Bonchev–Trinajstić information content (AvgIpc) is 2.33. The molecule has 1 heterocycles. The molecule has 2 aromatic rings. The molecular weight excluding hydrogens is 304 g/mol. The Bertz CT molecular complexity index is 569. The molecule has 1 aromatic carbocycles. The van der Waals surface area contributed by atoms with Crippen LogP contribution >= 0.6 is 27.7 Å². The molecule has 2 N–H and O–H groups in total. The van der Waals surface area contributed by atoms with Crippen molar-refractivity contribution in [3.8, 4) is 0 Å². The Kier molecular flexibility index (Phi) is 3.80. The molecule has 0 saturated carbocycles. The fraction of sp³-hybridized carbons (Fsp3) is 0.100. The van der Waals surface area contributed by atoms with Crippen LogP contribution in [0.2, 0.25) is 0 Å². The molecule has 0 unspecified atom stereocenters. The standard InChI is InChI=1S/C10H9BrN4OS/c11-8-3-1-7(2-4-8)6-17-10-14-13-5-9(16)15(10)12/h1-5H,6,12H2. The van der Waals surface area contributed by atoms with Crippen LogP contribution in [0.3, 0.4) is 0 Å². The Morgan fingerprint density at radius 1 is 1.35 bits per heavy atom. The van der Waals surface area contributed by atoms with E-state index < -0.39 is 0 Å². The summed E-state index contributed by atoms with van der Waals surface area (Å²) in [5, 5.41) is 7.80. The molecule has 0 aliphatic carbocycles. The topological polar surface area (TPSA) is 73.8 Å². The molecule has 0 radical (unpaired) electrons. The SMILES string of the molecule is Nn1c(SCc2ccc(Br)cc2)nncc1=O. The lowest BCUT2D eigenvalue weighted by atomic mass is 10.2. The van der Waals surface area contributed by atoms with Gasteiger partial charge in [-0.1, -0.05) is 39.8 Å². The van der Waals surface area contributed by atoms with E-state index in [1.54, 1.807) is 0 Å². The monoisotopic (exact) mass is 312 g/mol. The van der Waals surface area contributed by atoms with Crippen molar-refractivity contribution in [1.82, 2.24) is 14.9 Å². The van der Waals surface area contributed by atoms with Gasteiger partial charge in [0.2, 0.25) is 5.16 Å². The Morgan fingerprint density at radius 3 is 2.76 bits per heavy atom. The highest BCUT2D eigenvalue weighted by Crippen LogP contribution is 2.19. The van der Waals surface area contributed by atoms with Crippen molar-refractivity contribution in [2.24, 2.45) is 0 Å². The fourth-order valence-corrected chi connectivity index (χ4v) is 2.25. The Balaban J connectivity index is 2.10. The lowest BCUT2D eigenvalue weighted by Crippen LogP contribution is -2.29. The minimum absolute atomic E-state index is 0.363. The summed E-state index contributed by atoms with van der Waals surface area (Å²) < 4.78 is 2.03. The van der Waals surface area contributed by atoms with Crippen LogP contribution < -0.4 is 11.4 Å². The van der Waals surface area contributed by atoms with Crippen LogP contribution in [-0.4, -0.2) is 14.9 Å². The van der Waals surface area contributed by atoms with Gasteiger partial charge < -0.3 is 5.84 Å². The Hall–Kier alpha value is -1.34. The minimum Gasteiger partial charge on any atom is -0.334 e. The first-order chi connectivity index (χ1) is 8.16. The number of nitrogen functional groups attached to an aromatic ring is 1. The summed E-state index contributed by atoms with van der Waals surface area (Å²) >= 11 is 4.74. The molecule has 0 spiro atoms. The van der Waals surface area contributed by atoms with Crippen molar-refractivity contribution >= 4 is 27.7 Å². The largest absolute Gasteiger partial charge is 0.334 e. The fourth-order valence-electron chi connectivity index (χ4n) is 1.16. The van der Waals surface area contributed by atoms with Gasteiger partial charge in [-0.3, -0.25) is 4.79 Å². The van der Waals surface area contributed by atoms with Crippen molar-refractivity contribution in [3.05, 3.63) is 50.9 Å². The highest BCUT2D eigenvalue weighted by molar-refractivity contribution is 9.10. The maximum atomic E-state index is 11.2. The van der Waals surface area contributed by atoms with E-state index in [9.17, 15) is 4.79 Å². The van der Waals surface area contributed by atoms with Crippen LogP contribution in [0, 0.1) is 0 Å². The zero-order valence-electron chi connectivity index (χ0n) is 8.71. The van der Waals surface area contributed by atoms with Gasteiger partial charge in [-0.2, -0.15) is 9.77 Å². The van der Waals surface area contributed by atoms with Crippen molar-refractivity contribution in [1.29, 1.82) is 0 Å². The summed E-state index contributed by atoms with van der Waals surface area (Å²) in [5.41, 5.74) is 0.759. The number of nitrogens with zero attached hydrogens (tertiary/aromatic N) is 3. The summed E-state index contributed by atoms with van der Waals surface area (Å²) in [7, 11) is 0. The second-order valence-electron chi connectivity index (χ2n) is 3.25. The quantitative estimate of drug-likeness (QED) is 0.685. The van der Waals surface area contributed by atoms with E-state index in [1.165, 1.54) is 11.8 Å². The third kappa shape index (κ3) is 3.07. The van der Waals surface area contributed by atoms with Gasteiger partial charge in [0, 0.05) is 10.2 Å². The molecule has 0 aliphatic rings. The van der Waals surface area contributed by atoms with E-state index in [0.717, 1.165) is 20.9 Å². The summed E-state index contributed by atoms with van der Waals surface area (Å²) in [5.74, 6) is 6.23. The lowest BCUT2D eigenvalue weighted by Gasteiger charge is -2.04. The molecule has 0 amide bonds. The smallest absolute Gasteiger partial charge is 0.291 e. The first-order valence-corrected chi connectivity index (χ1v) is 6.52. The molecule has 17 heavy (non-hydrogen) atoms. The molecule has 0 aliphatic heterocycles. The van der Waals surface area contributed by atoms with Gasteiger partial charge >= 0.3 is 0 Å². The summed E-state index contributed by atoms with van der Waals surface area (Å²) in [4.78, 5) is 11.2. The first kappa shape index (κ1) is 12.1. The predicted octanol–water partition coefficient (Wildman–Crippen LogP) is 1.41. The van der Waals surface area contributed by atoms with E-state index in [2.05, 4.69) is 26.1 Å². The molecule has 2 rings (SSSR count).